The standard InChI is InChI=1S/C16H18BrNO4/c1-2-18(12-5-3-4-6-12)15(20)10-22-16(21)13-9-11(17)7-8-14(13)19/h5,7-9,19H,2-4,6,10H2,1H3. The van der Waals surface area contributed by atoms with Gasteiger partial charge in [0.1, 0.15) is 11.3 Å². The second-order valence-electron chi connectivity index (χ2n) is 4.96. The molecule has 1 aromatic carbocycles. The molecule has 22 heavy (non-hydrogen) atoms. The van der Waals surface area contributed by atoms with Crippen molar-refractivity contribution in [1.82, 2.24) is 4.90 Å². The molecule has 0 saturated heterocycles. The molecule has 118 valence electrons. The van der Waals surface area contributed by atoms with Gasteiger partial charge in [0.2, 0.25) is 0 Å². The molecule has 0 saturated carbocycles. The minimum Gasteiger partial charge on any atom is -0.507 e. The number of allylic oxidation sites excluding steroid dienone is 2. The molecule has 0 aromatic heterocycles. The number of hydrogen-bond acceptors (Lipinski definition) is 4. The highest BCUT2D eigenvalue weighted by molar-refractivity contribution is 9.10. The van der Waals surface area contributed by atoms with E-state index >= 15 is 0 Å². The van der Waals surface area contributed by atoms with Crippen molar-refractivity contribution in [3.8, 4) is 5.75 Å². The van der Waals surface area contributed by atoms with Crippen molar-refractivity contribution >= 4 is 27.8 Å². The van der Waals surface area contributed by atoms with E-state index < -0.39 is 5.97 Å². The number of carbonyl (C=O) groups excluding carboxylic acids is 2. The number of benzene rings is 1. The molecule has 0 atom stereocenters. The van der Waals surface area contributed by atoms with Gasteiger partial charge < -0.3 is 14.7 Å². The second-order valence-corrected chi connectivity index (χ2v) is 5.88. The number of esters is 1. The Bertz CT molecular complexity index is 612. The average molecular weight is 368 g/mol. The number of ether oxygens (including phenoxy) is 1. The minimum atomic E-state index is -0.719. The normalized spacial score (nSPS) is 13.6. The number of hydrogen-bond donors (Lipinski definition) is 1. The largest absolute Gasteiger partial charge is 0.507 e. The molecular formula is C16H18BrNO4. The van der Waals surface area contributed by atoms with Crippen molar-refractivity contribution in [2.24, 2.45) is 0 Å². The molecule has 1 amide bonds. The first kappa shape index (κ1) is 16.5. The van der Waals surface area contributed by atoms with E-state index in [1.54, 1.807) is 11.0 Å². The van der Waals surface area contributed by atoms with Crippen LogP contribution < -0.4 is 0 Å². The second kappa shape index (κ2) is 7.45. The van der Waals surface area contributed by atoms with Crippen molar-refractivity contribution in [2.45, 2.75) is 26.2 Å². The van der Waals surface area contributed by atoms with Gasteiger partial charge in [-0.05, 0) is 44.4 Å². The van der Waals surface area contributed by atoms with Crippen LogP contribution in [0.1, 0.15) is 36.5 Å². The fourth-order valence-corrected chi connectivity index (χ4v) is 2.75. The van der Waals surface area contributed by atoms with Gasteiger partial charge in [0.25, 0.3) is 5.91 Å². The van der Waals surface area contributed by atoms with E-state index in [0.717, 1.165) is 25.0 Å². The quantitative estimate of drug-likeness (QED) is 0.811. The van der Waals surface area contributed by atoms with Crippen molar-refractivity contribution in [3.05, 3.63) is 40.0 Å². The zero-order chi connectivity index (χ0) is 16.1. The molecule has 0 aliphatic heterocycles. The first-order valence-corrected chi connectivity index (χ1v) is 7.97. The number of phenols is 1. The van der Waals surface area contributed by atoms with E-state index in [-0.39, 0.29) is 23.8 Å². The Hall–Kier alpha value is -1.82. The van der Waals surface area contributed by atoms with Crippen LogP contribution in [-0.2, 0) is 9.53 Å². The maximum atomic E-state index is 12.2. The summed E-state index contributed by atoms with van der Waals surface area (Å²) in [7, 11) is 0. The Kier molecular flexibility index (Phi) is 5.60. The molecule has 6 heteroatoms. The fourth-order valence-electron chi connectivity index (χ4n) is 2.39. The number of nitrogens with zero attached hydrogens (tertiary/aromatic N) is 1. The maximum absolute atomic E-state index is 12.2. The van der Waals surface area contributed by atoms with Gasteiger partial charge in [0.15, 0.2) is 6.61 Å². The van der Waals surface area contributed by atoms with Crippen molar-refractivity contribution in [2.75, 3.05) is 13.2 Å². The summed E-state index contributed by atoms with van der Waals surface area (Å²) in [6.45, 7) is 2.10. The minimum absolute atomic E-state index is 0.0327. The summed E-state index contributed by atoms with van der Waals surface area (Å²) >= 11 is 3.22. The summed E-state index contributed by atoms with van der Waals surface area (Å²) in [6, 6.07) is 4.46. The Labute approximate surface area is 137 Å². The number of halogens is 1. The lowest BCUT2D eigenvalue weighted by Gasteiger charge is -2.22. The number of carbonyl (C=O) groups is 2. The summed E-state index contributed by atoms with van der Waals surface area (Å²) in [4.78, 5) is 25.8. The molecule has 1 aromatic rings. The van der Waals surface area contributed by atoms with Crippen molar-refractivity contribution in [3.63, 3.8) is 0 Å². The monoisotopic (exact) mass is 367 g/mol. The van der Waals surface area contributed by atoms with Crippen molar-refractivity contribution in [1.29, 1.82) is 0 Å². The van der Waals surface area contributed by atoms with Gasteiger partial charge in [0, 0.05) is 16.7 Å². The van der Waals surface area contributed by atoms with E-state index in [1.165, 1.54) is 12.1 Å². The van der Waals surface area contributed by atoms with Gasteiger partial charge in [-0.3, -0.25) is 4.79 Å². The number of amides is 1. The molecule has 0 unspecified atom stereocenters. The van der Waals surface area contributed by atoms with Crippen molar-refractivity contribution < 1.29 is 19.4 Å². The lowest BCUT2D eigenvalue weighted by Crippen LogP contribution is -2.33. The number of likely N-dealkylation sites (N-methyl/N-ethyl adjacent to an activating group) is 1. The van der Waals surface area contributed by atoms with Crippen LogP contribution in [-0.4, -0.2) is 35.0 Å². The fraction of sp³-hybridized carbons (Fsp3) is 0.375. The first-order valence-electron chi connectivity index (χ1n) is 7.18. The van der Waals surface area contributed by atoms with Crippen LogP contribution >= 0.6 is 15.9 Å². The summed E-state index contributed by atoms with van der Waals surface area (Å²) < 4.78 is 5.68. The Morgan fingerprint density at radius 2 is 2.18 bits per heavy atom. The number of rotatable bonds is 5. The van der Waals surface area contributed by atoms with Gasteiger partial charge in [-0.1, -0.05) is 22.0 Å². The Balaban J connectivity index is 1.98. The summed E-state index contributed by atoms with van der Waals surface area (Å²) in [5, 5.41) is 9.67. The Morgan fingerprint density at radius 3 is 2.82 bits per heavy atom. The van der Waals surface area contributed by atoms with Gasteiger partial charge >= 0.3 is 5.97 Å². The highest BCUT2D eigenvalue weighted by Gasteiger charge is 2.21. The third kappa shape index (κ3) is 3.88. The molecule has 2 rings (SSSR count). The lowest BCUT2D eigenvalue weighted by atomic mass is 10.2. The van der Waals surface area contributed by atoms with Crippen LogP contribution in [0, 0.1) is 0 Å². The van der Waals surface area contributed by atoms with Crippen LogP contribution in [0.4, 0.5) is 0 Å². The molecule has 1 aliphatic carbocycles. The van der Waals surface area contributed by atoms with E-state index in [1.807, 2.05) is 13.0 Å². The zero-order valence-electron chi connectivity index (χ0n) is 12.3. The Morgan fingerprint density at radius 1 is 1.41 bits per heavy atom. The first-order chi connectivity index (χ1) is 10.5. The smallest absolute Gasteiger partial charge is 0.342 e. The van der Waals surface area contributed by atoms with Gasteiger partial charge in [-0.2, -0.15) is 0 Å². The zero-order valence-corrected chi connectivity index (χ0v) is 13.9. The van der Waals surface area contributed by atoms with Gasteiger partial charge in [-0.25, -0.2) is 4.79 Å². The number of phenolic OH excluding ortho intramolecular Hbond substituents is 1. The van der Waals surface area contributed by atoms with Gasteiger partial charge in [0.05, 0.1) is 0 Å². The molecule has 0 fully saturated rings. The predicted octanol–water partition coefficient (Wildman–Crippen LogP) is 3.23. The molecule has 1 aliphatic rings. The lowest BCUT2D eigenvalue weighted by molar-refractivity contribution is -0.132. The van der Waals surface area contributed by atoms with Crippen LogP contribution in [0.5, 0.6) is 5.75 Å². The van der Waals surface area contributed by atoms with E-state index in [2.05, 4.69) is 15.9 Å². The third-order valence-corrected chi connectivity index (χ3v) is 3.98. The van der Waals surface area contributed by atoms with Crippen LogP contribution in [0.3, 0.4) is 0 Å². The summed E-state index contributed by atoms with van der Waals surface area (Å²) in [6.07, 6.45) is 4.94. The molecule has 5 nitrogen and oxygen atoms in total. The highest BCUT2D eigenvalue weighted by Crippen LogP contribution is 2.23. The molecule has 1 N–H and O–H groups in total. The summed E-state index contributed by atoms with van der Waals surface area (Å²) in [5.41, 5.74) is 1.03. The molecule has 0 spiro atoms. The van der Waals surface area contributed by atoms with Crippen LogP contribution in [0.25, 0.3) is 0 Å². The highest BCUT2D eigenvalue weighted by atomic mass is 79.9. The van der Waals surface area contributed by atoms with Crippen LogP contribution in [0.2, 0.25) is 0 Å². The molecule has 0 radical (unpaired) electrons. The molecule has 0 bridgehead atoms. The van der Waals surface area contributed by atoms with E-state index in [4.69, 9.17) is 4.74 Å². The SMILES string of the molecule is CCN(C(=O)COC(=O)c1cc(Br)ccc1O)C1=CCCC1. The maximum Gasteiger partial charge on any atom is 0.342 e. The topological polar surface area (TPSA) is 66.8 Å². The van der Waals surface area contributed by atoms with Crippen LogP contribution in [0.15, 0.2) is 34.4 Å². The third-order valence-electron chi connectivity index (χ3n) is 3.49. The van der Waals surface area contributed by atoms with Gasteiger partial charge in [-0.15, -0.1) is 0 Å². The van der Waals surface area contributed by atoms with E-state index in [0.29, 0.717) is 11.0 Å². The average Bonchev–Trinajstić information content (AvgIpc) is 3.02. The molecular weight excluding hydrogens is 350 g/mol. The summed E-state index contributed by atoms with van der Waals surface area (Å²) in [5.74, 6) is -1.14. The predicted molar refractivity (Wildman–Crippen MR) is 85.4 cm³/mol. The number of aromatic hydroxyl groups is 1. The molecule has 0 heterocycles. The van der Waals surface area contributed by atoms with E-state index in [9.17, 15) is 14.7 Å².